The fraction of sp³-hybridized carbons (Fsp3) is 0.900. The van der Waals surface area contributed by atoms with Crippen molar-refractivity contribution in [1.29, 1.82) is 0 Å². The van der Waals surface area contributed by atoms with Crippen molar-refractivity contribution in [3.8, 4) is 0 Å². The van der Waals surface area contributed by atoms with Crippen LogP contribution in [0, 0.1) is 0 Å². The first kappa shape index (κ1) is 11.5. The molecule has 1 saturated heterocycles. The monoisotopic (exact) mass is 201 g/mol. The Hall–Kier alpha value is -0.610. The van der Waals surface area contributed by atoms with E-state index in [0.717, 1.165) is 25.7 Å². The van der Waals surface area contributed by atoms with Crippen LogP contribution in [0.1, 0.15) is 32.6 Å². The summed E-state index contributed by atoms with van der Waals surface area (Å²) >= 11 is 0. The minimum atomic E-state index is -0.283. The third-order valence-corrected chi connectivity index (χ3v) is 2.32. The van der Waals surface area contributed by atoms with Crippen molar-refractivity contribution in [2.45, 2.75) is 44.8 Å². The number of ether oxygens (including phenoxy) is 1. The van der Waals surface area contributed by atoms with Crippen molar-refractivity contribution in [2.24, 2.45) is 0 Å². The quantitative estimate of drug-likeness (QED) is 0.635. The highest BCUT2D eigenvalue weighted by Gasteiger charge is 2.22. The van der Waals surface area contributed by atoms with E-state index in [1.54, 1.807) is 6.92 Å². The second kappa shape index (κ2) is 5.98. The molecule has 2 N–H and O–H groups in total. The maximum absolute atomic E-state index is 11.4. The van der Waals surface area contributed by atoms with Crippen LogP contribution in [0.3, 0.4) is 0 Å². The molecule has 0 aromatic heterocycles. The number of amides is 1. The van der Waals surface area contributed by atoms with Crippen LogP contribution in [-0.2, 0) is 9.53 Å². The van der Waals surface area contributed by atoms with Crippen molar-refractivity contribution in [3.63, 3.8) is 0 Å². The molecule has 1 amide bonds. The minimum absolute atomic E-state index is 0.00640. The number of hydrogen-bond donors (Lipinski definition) is 2. The summed E-state index contributed by atoms with van der Waals surface area (Å²) in [7, 11) is 0. The first-order valence-corrected chi connectivity index (χ1v) is 5.27. The molecule has 4 heteroatoms. The third kappa shape index (κ3) is 4.07. The fourth-order valence-electron chi connectivity index (χ4n) is 1.51. The summed E-state index contributed by atoms with van der Waals surface area (Å²) < 4.78 is 5.23. The molecule has 1 fully saturated rings. The van der Waals surface area contributed by atoms with Gasteiger partial charge in [0.1, 0.15) is 6.10 Å². The maximum Gasteiger partial charge on any atom is 0.249 e. The summed E-state index contributed by atoms with van der Waals surface area (Å²) in [5.74, 6) is -0.00640. The van der Waals surface area contributed by atoms with Gasteiger partial charge in [-0.15, -0.1) is 0 Å². The average molecular weight is 201 g/mol. The molecular weight excluding hydrogens is 182 g/mol. The molecule has 0 aromatic carbocycles. The van der Waals surface area contributed by atoms with Gasteiger partial charge in [-0.05, 0) is 32.6 Å². The Kier molecular flexibility index (Phi) is 4.90. The Morgan fingerprint density at radius 3 is 3.07 bits per heavy atom. The third-order valence-electron chi connectivity index (χ3n) is 2.32. The van der Waals surface area contributed by atoms with Gasteiger partial charge in [0, 0.05) is 13.2 Å². The highest BCUT2D eigenvalue weighted by atomic mass is 16.5. The Morgan fingerprint density at radius 2 is 2.50 bits per heavy atom. The van der Waals surface area contributed by atoms with Crippen LogP contribution in [0.5, 0.6) is 0 Å². The SMILES string of the molecule is CC(O)CCCNC(=O)[C@@H]1CCCO1. The molecule has 0 saturated carbocycles. The molecule has 1 aliphatic heterocycles. The Morgan fingerprint density at radius 1 is 1.71 bits per heavy atom. The van der Waals surface area contributed by atoms with Crippen molar-refractivity contribution < 1.29 is 14.6 Å². The predicted octanol–water partition coefficient (Wildman–Crippen LogP) is 0.443. The lowest BCUT2D eigenvalue weighted by Crippen LogP contribution is -2.34. The molecular formula is C10H19NO3. The highest BCUT2D eigenvalue weighted by molar-refractivity contribution is 5.80. The second-order valence-corrected chi connectivity index (χ2v) is 3.78. The van der Waals surface area contributed by atoms with Gasteiger partial charge in [0.05, 0.1) is 6.10 Å². The summed E-state index contributed by atoms with van der Waals surface area (Å²) in [6.45, 7) is 3.08. The lowest BCUT2D eigenvalue weighted by Gasteiger charge is -2.10. The van der Waals surface area contributed by atoms with Crippen molar-refractivity contribution in [3.05, 3.63) is 0 Å². The summed E-state index contributed by atoms with van der Waals surface area (Å²) in [5.41, 5.74) is 0. The van der Waals surface area contributed by atoms with Crippen LogP contribution >= 0.6 is 0 Å². The smallest absolute Gasteiger partial charge is 0.249 e. The number of rotatable bonds is 5. The zero-order valence-corrected chi connectivity index (χ0v) is 8.66. The molecule has 1 unspecified atom stereocenters. The van der Waals surface area contributed by atoms with Gasteiger partial charge in [-0.25, -0.2) is 0 Å². The van der Waals surface area contributed by atoms with Gasteiger partial charge in [0.15, 0.2) is 0 Å². The van der Waals surface area contributed by atoms with Gasteiger partial charge in [-0.1, -0.05) is 0 Å². The fourth-order valence-corrected chi connectivity index (χ4v) is 1.51. The van der Waals surface area contributed by atoms with Gasteiger partial charge < -0.3 is 15.2 Å². The zero-order chi connectivity index (χ0) is 10.4. The van der Waals surface area contributed by atoms with Gasteiger partial charge in [-0.3, -0.25) is 4.79 Å². The number of carbonyl (C=O) groups excluding carboxylic acids is 1. The molecule has 4 nitrogen and oxygen atoms in total. The molecule has 1 heterocycles. The summed E-state index contributed by atoms with van der Waals surface area (Å²) in [4.78, 5) is 11.4. The van der Waals surface area contributed by atoms with E-state index in [2.05, 4.69) is 5.32 Å². The molecule has 1 rings (SSSR count). The van der Waals surface area contributed by atoms with E-state index < -0.39 is 0 Å². The summed E-state index contributed by atoms with van der Waals surface area (Å²) in [6, 6.07) is 0. The molecule has 14 heavy (non-hydrogen) atoms. The Balaban J connectivity index is 2.03. The van der Waals surface area contributed by atoms with Crippen LogP contribution < -0.4 is 5.32 Å². The molecule has 0 aromatic rings. The van der Waals surface area contributed by atoms with Gasteiger partial charge in [0.25, 0.3) is 0 Å². The maximum atomic E-state index is 11.4. The van der Waals surface area contributed by atoms with Crippen LogP contribution in [0.4, 0.5) is 0 Å². The number of carbonyl (C=O) groups is 1. The summed E-state index contributed by atoms with van der Waals surface area (Å²) in [6.07, 6.45) is 2.84. The molecule has 2 atom stereocenters. The van der Waals surface area contributed by atoms with Crippen LogP contribution in [0.15, 0.2) is 0 Å². The molecule has 82 valence electrons. The molecule has 1 aliphatic rings. The van der Waals surface area contributed by atoms with Crippen molar-refractivity contribution in [2.75, 3.05) is 13.2 Å². The molecule has 0 spiro atoms. The molecule has 0 bridgehead atoms. The number of hydrogen-bond acceptors (Lipinski definition) is 3. The van der Waals surface area contributed by atoms with E-state index in [4.69, 9.17) is 9.84 Å². The van der Waals surface area contributed by atoms with Crippen molar-refractivity contribution >= 4 is 5.91 Å². The normalized spacial score (nSPS) is 23.4. The first-order valence-electron chi connectivity index (χ1n) is 5.27. The minimum Gasteiger partial charge on any atom is -0.393 e. The average Bonchev–Trinajstić information content (AvgIpc) is 2.64. The van der Waals surface area contributed by atoms with E-state index >= 15 is 0 Å². The van der Waals surface area contributed by atoms with Crippen LogP contribution in [0.2, 0.25) is 0 Å². The van der Waals surface area contributed by atoms with Gasteiger partial charge in [0.2, 0.25) is 5.91 Å². The number of aliphatic hydroxyl groups is 1. The van der Waals surface area contributed by atoms with Crippen LogP contribution in [0.25, 0.3) is 0 Å². The number of aliphatic hydroxyl groups excluding tert-OH is 1. The van der Waals surface area contributed by atoms with E-state index in [1.807, 2.05) is 0 Å². The largest absolute Gasteiger partial charge is 0.393 e. The van der Waals surface area contributed by atoms with E-state index in [-0.39, 0.29) is 18.1 Å². The van der Waals surface area contributed by atoms with E-state index in [9.17, 15) is 4.79 Å². The topological polar surface area (TPSA) is 58.6 Å². The van der Waals surface area contributed by atoms with Gasteiger partial charge in [-0.2, -0.15) is 0 Å². The lowest BCUT2D eigenvalue weighted by molar-refractivity contribution is -0.130. The van der Waals surface area contributed by atoms with Crippen LogP contribution in [-0.4, -0.2) is 36.4 Å². The highest BCUT2D eigenvalue weighted by Crippen LogP contribution is 2.11. The van der Waals surface area contributed by atoms with E-state index in [1.165, 1.54) is 0 Å². The lowest BCUT2D eigenvalue weighted by atomic mass is 10.2. The summed E-state index contributed by atoms with van der Waals surface area (Å²) in [5, 5.41) is 11.8. The molecule has 0 radical (unpaired) electrons. The van der Waals surface area contributed by atoms with E-state index in [0.29, 0.717) is 13.2 Å². The Bertz CT molecular complexity index is 176. The standard InChI is InChI=1S/C10H19NO3/c1-8(12)4-2-6-11-10(13)9-5-3-7-14-9/h8-9,12H,2-7H2,1H3,(H,11,13)/t8?,9-/m0/s1. The predicted molar refractivity (Wildman–Crippen MR) is 52.9 cm³/mol. The first-order chi connectivity index (χ1) is 6.70. The Labute approximate surface area is 84.6 Å². The molecule has 0 aliphatic carbocycles. The van der Waals surface area contributed by atoms with Gasteiger partial charge >= 0.3 is 0 Å². The number of nitrogens with one attached hydrogen (secondary N) is 1. The van der Waals surface area contributed by atoms with Crippen molar-refractivity contribution in [1.82, 2.24) is 5.32 Å². The second-order valence-electron chi connectivity index (χ2n) is 3.78. The zero-order valence-electron chi connectivity index (χ0n) is 8.66.